The van der Waals surface area contributed by atoms with Crippen molar-refractivity contribution in [1.29, 1.82) is 0 Å². The molecule has 0 bridgehead atoms. The molecule has 0 atom stereocenters. The summed E-state index contributed by atoms with van der Waals surface area (Å²) >= 11 is 0. The van der Waals surface area contributed by atoms with Gasteiger partial charge < -0.3 is 15.5 Å². The van der Waals surface area contributed by atoms with Crippen LogP contribution in [0.2, 0.25) is 0 Å². The maximum atomic E-state index is 13.5. The molecule has 4 N–H and O–H groups in total. The number of benzene rings is 2. The number of halogens is 4. The molecule has 3 heterocycles. The Balaban J connectivity index is 0.000000216. The summed E-state index contributed by atoms with van der Waals surface area (Å²) in [4.78, 5) is 40.1. The average molecular weight is 667 g/mol. The largest absolute Gasteiger partial charge is 0.465 e. The molecule has 5 rings (SSSR count). The molecule has 2 aromatic carbocycles. The molecule has 244 valence electrons. The highest BCUT2D eigenvalue weighted by molar-refractivity contribution is 7.91. The first-order valence-corrected chi connectivity index (χ1v) is 14.8. The van der Waals surface area contributed by atoms with E-state index in [0.717, 1.165) is 18.4 Å². The molecule has 0 spiro atoms. The van der Waals surface area contributed by atoms with Gasteiger partial charge in [0, 0.05) is 54.4 Å². The minimum atomic E-state index is -3.91. The van der Waals surface area contributed by atoms with Gasteiger partial charge in [-0.25, -0.2) is 40.4 Å². The van der Waals surface area contributed by atoms with Gasteiger partial charge in [0.1, 0.15) is 0 Å². The molecule has 5 aromatic rings. The predicted molar refractivity (Wildman–Crippen MR) is 160 cm³/mol. The Morgan fingerprint density at radius 3 is 1.91 bits per heavy atom. The first kappa shape index (κ1) is 33.4. The number of methoxy groups -OCH3 is 1. The van der Waals surface area contributed by atoms with Crippen molar-refractivity contribution in [3.63, 3.8) is 0 Å². The van der Waals surface area contributed by atoms with E-state index in [0.29, 0.717) is 11.4 Å². The number of hydrogen-bond donors (Lipinski definition) is 3. The van der Waals surface area contributed by atoms with E-state index in [9.17, 15) is 40.4 Å². The summed E-state index contributed by atoms with van der Waals surface area (Å²) in [5.41, 5.74) is 3.82. The van der Waals surface area contributed by atoms with Crippen molar-refractivity contribution in [2.45, 2.75) is 12.9 Å². The molecule has 0 saturated carbocycles. The number of nitrogens with zero attached hydrogens (tertiary/aromatic N) is 5. The van der Waals surface area contributed by atoms with Gasteiger partial charge >= 0.3 is 11.7 Å². The van der Waals surface area contributed by atoms with Gasteiger partial charge in [0.15, 0.2) is 0 Å². The van der Waals surface area contributed by atoms with Gasteiger partial charge in [0.2, 0.25) is 10.0 Å². The predicted octanol–water partition coefficient (Wildman–Crippen LogP) is 2.92. The SMILES string of the molecule is COC(=O)c1cc(-c2ccnn2C)c(C(F)F)cc1N.Cn1nccc1-c1cc2c(=O)n(NS(C)(=O)=O)c(=O)[nH]c2cc1C(F)F. The number of nitrogens with one attached hydrogen (secondary N) is 2. The zero-order valence-electron chi connectivity index (χ0n) is 24.5. The van der Waals surface area contributed by atoms with E-state index in [4.69, 9.17) is 5.73 Å². The number of carbonyl (C=O) groups excluding carboxylic acids is 1. The molecule has 0 fully saturated rings. The van der Waals surface area contributed by atoms with Crippen molar-refractivity contribution < 1.29 is 35.5 Å². The third-order valence-corrected chi connectivity index (χ3v) is 7.13. The van der Waals surface area contributed by atoms with Crippen LogP contribution in [0.5, 0.6) is 0 Å². The number of sulfonamides is 1. The van der Waals surface area contributed by atoms with Crippen LogP contribution in [0.3, 0.4) is 0 Å². The van der Waals surface area contributed by atoms with E-state index in [-0.39, 0.29) is 43.5 Å². The van der Waals surface area contributed by atoms with Crippen molar-refractivity contribution in [1.82, 2.24) is 29.2 Å². The molecular weight excluding hydrogens is 640 g/mol. The molecule has 14 nitrogen and oxygen atoms in total. The van der Waals surface area contributed by atoms with Crippen molar-refractivity contribution in [2.75, 3.05) is 23.9 Å². The fraction of sp³-hybridized carbons (Fsp3) is 0.222. The summed E-state index contributed by atoms with van der Waals surface area (Å²) in [6.07, 6.45) is -1.92. The number of rotatable bonds is 7. The molecule has 0 radical (unpaired) electrons. The number of aryl methyl sites for hydroxylation is 2. The molecule has 3 aromatic heterocycles. The number of nitrogens with two attached hydrogens (primary N) is 1. The van der Waals surface area contributed by atoms with E-state index < -0.39 is 45.7 Å². The molecule has 0 aliphatic rings. The van der Waals surface area contributed by atoms with Crippen LogP contribution in [-0.4, -0.2) is 57.0 Å². The maximum absolute atomic E-state index is 13.5. The summed E-state index contributed by atoms with van der Waals surface area (Å²) in [5, 5.41) is 7.71. The summed E-state index contributed by atoms with van der Waals surface area (Å²) in [6, 6.07) is 7.64. The van der Waals surface area contributed by atoms with E-state index in [1.807, 2.05) is 0 Å². The number of nitrogen functional groups attached to an aromatic ring is 1. The third-order valence-electron chi connectivity index (χ3n) is 6.62. The average Bonchev–Trinajstić information content (AvgIpc) is 3.61. The monoisotopic (exact) mass is 666 g/mol. The van der Waals surface area contributed by atoms with Gasteiger partial charge in [-0.3, -0.25) is 14.2 Å². The number of hydrogen-bond acceptors (Lipinski definition) is 9. The Morgan fingerprint density at radius 1 is 0.935 bits per heavy atom. The number of fused-ring (bicyclic) bond motifs is 1. The zero-order chi connectivity index (χ0) is 34.1. The molecular formula is C27H26F4N8O6S. The topological polar surface area (TPSA) is 189 Å². The number of esters is 1. The normalized spacial score (nSPS) is 11.5. The number of ether oxygens (including phenoxy) is 1. The number of aromatic amines is 1. The number of alkyl halides is 4. The number of H-pyrrole nitrogens is 1. The Hall–Kier alpha value is -5.46. The van der Waals surface area contributed by atoms with Gasteiger partial charge in [-0.2, -0.15) is 14.9 Å². The van der Waals surface area contributed by atoms with Gasteiger partial charge in [-0.1, -0.05) is 0 Å². The Labute approximate surface area is 257 Å². The van der Waals surface area contributed by atoms with Crippen LogP contribution in [0.4, 0.5) is 23.2 Å². The summed E-state index contributed by atoms with van der Waals surface area (Å²) in [5.74, 6) is -0.674. The van der Waals surface area contributed by atoms with Gasteiger partial charge in [0.05, 0.1) is 41.2 Å². The molecule has 0 saturated heterocycles. The summed E-state index contributed by atoms with van der Waals surface area (Å²) in [7, 11) is 0.458. The number of aromatic nitrogens is 6. The first-order chi connectivity index (χ1) is 21.5. The zero-order valence-corrected chi connectivity index (χ0v) is 25.3. The van der Waals surface area contributed by atoms with Gasteiger partial charge in [-0.05, 0) is 36.4 Å². The highest BCUT2D eigenvalue weighted by Gasteiger charge is 2.23. The summed E-state index contributed by atoms with van der Waals surface area (Å²) in [6.45, 7) is 0. The lowest BCUT2D eigenvalue weighted by atomic mass is 9.99. The highest BCUT2D eigenvalue weighted by Crippen LogP contribution is 2.35. The van der Waals surface area contributed by atoms with Crippen LogP contribution < -0.4 is 21.8 Å². The van der Waals surface area contributed by atoms with Crippen molar-refractivity contribution in [3.8, 4) is 22.5 Å². The molecule has 0 unspecified atom stereocenters. The lowest BCUT2D eigenvalue weighted by molar-refractivity contribution is 0.0601. The molecule has 0 aliphatic heterocycles. The van der Waals surface area contributed by atoms with Crippen LogP contribution in [-0.2, 0) is 28.9 Å². The maximum Gasteiger partial charge on any atom is 0.348 e. The van der Waals surface area contributed by atoms with Gasteiger partial charge in [0.25, 0.3) is 18.4 Å². The Bertz CT molecular complexity index is 2170. The summed E-state index contributed by atoms with van der Waals surface area (Å²) < 4.78 is 83.6. The quantitative estimate of drug-likeness (QED) is 0.133. The van der Waals surface area contributed by atoms with Crippen LogP contribution in [0.25, 0.3) is 33.4 Å². The second-order valence-corrected chi connectivity index (χ2v) is 11.4. The standard InChI is InChI=1S/C14H13F2N5O4S.C13H13F2N3O2/c1-20-11(3-4-17-20)7-5-9-10(6-8(7)12(15)16)18-14(23)21(13(9)22)19-26(2,24)25;1-18-11(3-4-17-18)7-5-9(13(19)20-2)10(16)6-8(7)12(14)15/h3-6,12,19H,1-2H3,(H,18,23);3-6,12H,16H2,1-2H3. The third kappa shape index (κ3) is 6.77. The Kier molecular flexibility index (Phi) is 9.36. The van der Waals surface area contributed by atoms with E-state index >= 15 is 0 Å². The van der Waals surface area contributed by atoms with Gasteiger partial charge in [-0.15, -0.1) is 0 Å². The first-order valence-electron chi connectivity index (χ1n) is 12.9. The van der Waals surface area contributed by atoms with Crippen LogP contribution in [0, 0.1) is 0 Å². The van der Waals surface area contributed by atoms with E-state index in [1.165, 1.54) is 47.1 Å². The second kappa shape index (κ2) is 12.9. The van der Waals surface area contributed by atoms with Crippen molar-refractivity contribution in [3.05, 3.63) is 86.3 Å². The van der Waals surface area contributed by atoms with E-state index in [2.05, 4.69) is 19.9 Å². The second-order valence-electron chi connectivity index (χ2n) is 9.72. The lowest BCUT2D eigenvalue weighted by Gasteiger charge is -2.13. The van der Waals surface area contributed by atoms with Crippen LogP contribution in [0.1, 0.15) is 34.3 Å². The fourth-order valence-electron chi connectivity index (χ4n) is 4.53. The Morgan fingerprint density at radius 2 is 1.46 bits per heavy atom. The van der Waals surface area contributed by atoms with Crippen LogP contribution >= 0.6 is 0 Å². The van der Waals surface area contributed by atoms with Crippen LogP contribution in [0.15, 0.2) is 58.4 Å². The number of anilines is 1. The molecule has 0 aliphatic carbocycles. The minimum Gasteiger partial charge on any atom is -0.465 e. The molecule has 46 heavy (non-hydrogen) atoms. The minimum absolute atomic E-state index is 0.0435. The van der Waals surface area contributed by atoms with E-state index in [1.54, 1.807) is 25.0 Å². The molecule has 0 amide bonds. The highest BCUT2D eigenvalue weighted by atomic mass is 32.2. The van der Waals surface area contributed by atoms with Crippen molar-refractivity contribution in [2.24, 2.45) is 14.1 Å². The molecule has 19 heteroatoms. The fourth-order valence-corrected chi connectivity index (χ4v) is 5.03. The number of carbonyl (C=O) groups is 1. The van der Waals surface area contributed by atoms with Crippen molar-refractivity contribution >= 4 is 32.6 Å². The smallest absolute Gasteiger partial charge is 0.348 e. The lowest BCUT2D eigenvalue weighted by Crippen LogP contribution is -2.43.